The maximum absolute atomic E-state index is 13.5. The lowest BCUT2D eigenvalue weighted by Crippen LogP contribution is -2.47. The summed E-state index contributed by atoms with van der Waals surface area (Å²) in [6, 6.07) is 23.9. The molecule has 0 aromatic heterocycles. The molecule has 1 aliphatic rings. The van der Waals surface area contributed by atoms with Crippen LogP contribution in [0.3, 0.4) is 0 Å². The van der Waals surface area contributed by atoms with Crippen LogP contribution in [0.2, 0.25) is 0 Å². The fourth-order valence-corrected chi connectivity index (χ4v) is 4.49. The van der Waals surface area contributed by atoms with E-state index in [1.807, 2.05) is 54.6 Å². The van der Waals surface area contributed by atoms with Crippen molar-refractivity contribution in [2.24, 2.45) is 0 Å². The Hall–Kier alpha value is -2.74. The van der Waals surface area contributed by atoms with Gasteiger partial charge in [-0.25, -0.2) is 0 Å². The van der Waals surface area contributed by atoms with E-state index < -0.39 is 5.60 Å². The van der Waals surface area contributed by atoms with Gasteiger partial charge in [0.1, 0.15) is 5.70 Å². The zero-order valence-corrected chi connectivity index (χ0v) is 21.6. The van der Waals surface area contributed by atoms with Crippen molar-refractivity contribution in [2.45, 2.75) is 18.4 Å². The number of aliphatic hydroxyl groups is 1. The molecular formula is C27H24Br2N2O3. The third-order valence-corrected chi connectivity index (χ3v) is 7.01. The lowest BCUT2D eigenvalue weighted by Gasteiger charge is -2.38. The fraction of sp³-hybridized carbons (Fsp3) is 0.185. The van der Waals surface area contributed by atoms with Crippen molar-refractivity contribution in [3.63, 3.8) is 0 Å². The molecule has 0 saturated carbocycles. The molecule has 0 unspecified atom stereocenters. The summed E-state index contributed by atoms with van der Waals surface area (Å²) in [5, 5.41) is 14.0. The molecule has 3 aromatic carbocycles. The quantitative estimate of drug-likeness (QED) is 0.390. The van der Waals surface area contributed by atoms with Gasteiger partial charge in [0.25, 0.3) is 11.8 Å². The number of hydrogen-bond donors (Lipinski definition) is 2. The Bertz CT molecular complexity index is 1180. The van der Waals surface area contributed by atoms with Gasteiger partial charge < -0.3 is 15.3 Å². The van der Waals surface area contributed by atoms with Gasteiger partial charge in [0.05, 0.1) is 5.60 Å². The number of carbonyl (C=O) groups is 2. The number of nitrogens with zero attached hydrogens (tertiary/aromatic N) is 1. The summed E-state index contributed by atoms with van der Waals surface area (Å²) in [6.07, 6.45) is 2.52. The van der Waals surface area contributed by atoms with Crippen molar-refractivity contribution in [3.8, 4) is 0 Å². The summed E-state index contributed by atoms with van der Waals surface area (Å²) in [7, 11) is 0. The third-order valence-electron chi connectivity index (χ3n) is 5.95. The maximum atomic E-state index is 13.5. The number of benzene rings is 3. The standard InChI is InChI=1S/C27H24Br2N2O3/c28-22-10-6-19(7-11-22)18-24(30-25(32)20-4-2-1-3-5-20)26(33)31-16-14-27(34,15-17-31)21-8-12-23(29)13-9-21/h1-13,18,34H,14-17H2,(H,30,32). The van der Waals surface area contributed by atoms with Crippen LogP contribution in [0, 0.1) is 0 Å². The van der Waals surface area contributed by atoms with Crippen LogP contribution < -0.4 is 5.32 Å². The normalized spacial score (nSPS) is 15.6. The maximum Gasteiger partial charge on any atom is 0.270 e. The van der Waals surface area contributed by atoms with Gasteiger partial charge in [-0.3, -0.25) is 9.59 Å². The summed E-state index contributed by atoms with van der Waals surface area (Å²) >= 11 is 6.84. The number of halogens is 2. The number of amides is 2. The highest BCUT2D eigenvalue weighted by molar-refractivity contribution is 9.10. The molecule has 1 heterocycles. The molecule has 2 N–H and O–H groups in total. The van der Waals surface area contributed by atoms with Crippen LogP contribution >= 0.6 is 31.9 Å². The highest BCUT2D eigenvalue weighted by Gasteiger charge is 2.36. The monoisotopic (exact) mass is 582 g/mol. The molecule has 0 spiro atoms. The second kappa shape index (κ2) is 10.7. The van der Waals surface area contributed by atoms with Crippen molar-refractivity contribution < 1.29 is 14.7 Å². The van der Waals surface area contributed by atoms with Crippen LogP contribution in [-0.4, -0.2) is 34.9 Å². The summed E-state index contributed by atoms with van der Waals surface area (Å²) in [6.45, 7) is 0.758. The van der Waals surface area contributed by atoms with Crippen molar-refractivity contribution in [3.05, 3.63) is 110 Å². The lowest BCUT2D eigenvalue weighted by molar-refractivity contribution is -0.131. The van der Waals surface area contributed by atoms with Crippen molar-refractivity contribution in [1.29, 1.82) is 0 Å². The Labute approximate surface area is 215 Å². The molecule has 5 nitrogen and oxygen atoms in total. The number of rotatable bonds is 5. The predicted octanol–water partition coefficient (Wildman–Crippen LogP) is 5.49. The van der Waals surface area contributed by atoms with Gasteiger partial charge in [-0.15, -0.1) is 0 Å². The molecule has 1 fully saturated rings. The molecule has 0 aliphatic carbocycles. The summed E-state index contributed by atoms with van der Waals surface area (Å²) in [5.74, 6) is -0.620. The minimum absolute atomic E-state index is 0.199. The van der Waals surface area contributed by atoms with Crippen molar-refractivity contribution in [1.82, 2.24) is 10.2 Å². The Kier molecular flexibility index (Phi) is 7.66. The summed E-state index contributed by atoms with van der Waals surface area (Å²) < 4.78 is 1.87. The minimum Gasteiger partial charge on any atom is -0.385 e. The molecule has 0 radical (unpaired) electrons. The average molecular weight is 584 g/mol. The van der Waals surface area contributed by atoms with Gasteiger partial charge in [-0.05, 0) is 66.4 Å². The first kappa shape index (κ1) is 24.4. The van der Waals surface area contributed by atoms with E-state index >= 15 is 0 Å². The van der Waals surface area contributed by atoms with E-state index in [0.717, 1.165) is 20.1 Å². The Morgan fingerprint density at radius 3 is 2.00 bits per heavy atom. The molecule has 34 heavy (non-hydrogen) atoms. The number of hydrogen-bond acceptors (Lipinski definition) is 3. The molecule has 174 valence electrons. The zero-order valence-electron chi connectivity index (χ0n) is 18.4. The van der Waals surface area contributed by atoms with Crippen LogP contribution in [0.4, 0.5) is 0 Å². The lowest BCUT2D eigenvalue weighted by atomic mass is 9.84. The predicted molar refractivity (Wildman–Crippen MR) is 140 cm³/mol. The number of piperidine rings is 1. The summed E-state index contributed by atoms with van der Waals surface area (Å²) in [5.41, 5.74) is 1.32. The molecule has 7 heteroatoms. The van der Waals surface area contributed by atoms with E-state index in [1.54, 1.807) is 35.2 Å². The first-order chi connectivity index (χ1) is 16.3. The van der Waals surface area contributed by atoms with Gasteiger partial charge >= 0.3 is 0 Å². The second-order valence-corrected chi connectivity index (χ2v) is 10.1. The molecular weight excluding hydrogens is 560 g/mol. The largest absolute Gasteiger partial charge is 0.385 e. The average Bonchev–Trinajstić information content (AvgIpc) is 2.86. The van der Waals surface area contributed by atoms with Crippen molar-refractivity contribution in [2.75, 3.05) is 13.1 Å². The molecule has 2 amide bonds. The van der Waals surface area contributed by atoms with E-state index in [2.05, 4.69) is 37.2 Å². The van der Waals surface area contributed by atoms with Gasteiger partial charge in [-0.2, -0.15) is 0 Å². The SMILES string of the molecule is O=C(NC(=Cc1ccc(Br)cc1)C(=O)N1CCC(O)(c2ccc(Br)cc2)CC1)c1ccccc1. The van der Waals surface area contributed by atoms with Gasteiger partial charge in [0, 0.05) is 27.6 Å². The fourth-order valence-electron chi connectivity index (χ4n) is 3.96. The highest BCUT2D eigenvalue weighted by atomic mass is 79.9. The second-order valence-electron chi connectivity index (χ2n) is 8.26. The van der Waals surface area contributed by atoms with E-state index in [0.29, 0.717) is 31.5 Å². The first-order valence-corrected chi connectivity index (χ1v) is 12.5. The first-order valence-electron chi connectivity index (χ1n) is 11.0. The van der Waals surface area contributed by atoms with E-state index in [9.17, 15) is 14.7 Å². The number of carbonyl (C=O) groups excluding carboxylic acids is 2. The number of likely N-dealkylation sites (tertiary alicyclic amines) is 1. The topological polar surface area (TPSA) is 69.6 Å². The Morgan fingerprint density at radius 2 is 1.41 bits per heavy atom. The van der Waals surface area contributed by atoms with Crippen LogP contribution in [0.1, 0.15) is 34.3 Å². The molecule has 4 rings (SSSR count). The van der Waals surface area contributed by atoms with Crippen LogP contribution in [0.25, 0.3) is 6.08 Å². The van der Waals surface area contributed by atoms with E-state index in [4.69, 9.17) is 0 Å². The highest BCUT2D eigenvalue weighted by Crippen LogP contribution is 2.33. The molecule has 1 aliphatic heterocycles. The minimum atomic E-state index is -0.986. The summed E-state index contributed by atoms with van der Waals surface area (Å²) in [4.78, 5) is 28.0. The van der Waals surface area contributed by atoms with Gasteiger partial charge in [-0.1, -0.05) is 74.3 Å². The Morgan fingerprint density at radius 1 is 0.853 bits per heavy atom. The van der Waals surface area contributed by atoms with Crippen LogP contribution in [0.15, 0.2) is 93.5 Å². The van der Waals surface area contributed by atoms with E-state index in [1.165, 1.54) is 0 Å². The molecule has 3 aromatic rings. The van der Waals surface area contributed by atoms with Gasteiger partial charge in [0.2, 0.25) is 0 Å². The molecule has 0 atom stereocenters. The molecule has 1 saturated heterocycles. The molecule has 0 bridgehead atoms. The van der Waals surface area contributed by atoms with E-state index in [-0.39, 0.29) is 17.5 Å². The zero-order chi connectivity index (χ0) is 24.1. The number of nitrogens with one attached hydrogen (secondary N) is 1. The van der Waals surface area contributed by atoms with Crippen molar-refractivity contribution >= 4 is 49.8 Å². The third kappa shape index (κ3) is 5.84. The smallest absolute Gasteiger partial charge is 0.270 e. The Balaban J connectivity index is 1.54. The van der Waals surface area contributed by atoms with Crippen LogP contribution in [0.5, 0.6) is 0 Å². The van der Waals surface area contributed by atoms with Crippen LogP contribution in [-0.2, 0) is 10.4 Å². The van der Waals surface area contributed by atoms with Gasteiger partial charge in [0.15, 0.2) is 0 Å².